The number of esters is 2. The second-order valence-corrected chi connectivity index (χ2v) is 10.8. The van der Waals surface area contributed by atoms with Crippen LogP contribution in [0.4, 0.5) is 0 Å². The number of carbonyl (C=O) groups is 3. The molecule has 2 aliphatic heterocycles. The number of allylic oxidation sites excluding steroid dienone is 1. The third kappa shape index (κ3) is 4.28. The predicted molar refractivity (Wildman–Crippen MR) is 150 cm³/mol. The first-order chi connectivity index (χ1) is 20.9. The molecule has 0 aromatic heterocycles. The third-order valence-corrected chi connectivity index (χ3v) is 8.63. The van der Waals surface area contributed by atoms with E-state index in [1.807, 2.05) is 30.3 Å². The standard InChI is InChI=1S/C33H28O10/c1-37-26-10-17(11-27(38-2)31(26)39-3)28-20-12-24-25(42-15-41-24)13-21(20)30(22-14-40-33(36)29(22)28)43-32(35)18-8-16-6-4-5-7-19(16)23(34)9-18/h4-7,9-13,22,28-30H,8,14-15H2,1-3H3/t22?,28-,29+,30+/m1/s1. The summed E-state index contributed by atoms with van der Waals surface area (Å²) in [5.74, 6) is -0.696. The molecule has 2 aliphatic carbocycles. The van der Waals surface area contributed by atoms with E-state index in [-0.39, 0.29) is 31.2 Å². The van der Waals surface area contributed by atoms with Crippen LogP contribution in [-0.4, -0.2) is 52.5 Å². The number of hydrogen-bond acceptors (Lipinski definition) is 10. The molecule has 0 saturated carbocycles. The molecular weight excluding hydrogens is 556 g/mol. The van der Waals surface area contributed by atoms with Gasteiger partial charge in [0.2, 0.25) is 12.5 Å². The number of ketones is 1. The lowest BCUT2D eigenvalue weighted by Gasteiger charge is -2.38. The van der Waals surface area contributed by atoms with Crippen molar-refractivity contribution in [3.8, 4) is 28.7 Å². The van der Waals surface area contributed by atoms with Crippen molar-refractivity contribution < 1.29 is 47.5 Å². The van der Waals surface area contributed by atoms with Crippen molar-refractivity contribution in [3.05, 3.63) is 88.0 Å². The fourth-order valence-corrected chi connectivity index (χ4v) is 6.67. The van der Waals surface area contributed by atoms with Gasteiger partial charge in [-0.15, -0.1) is 0 Å². The molecule has 1 fully saturated rings. The Morgan fingerprint density at radius 1 is 0.860 bits per heavy atom. The lowest BCUT2D eigenvalue weighted by molar-refractivity contribution is -0.150. The first kappa shape index (κ1) is 26.9. The zero-order valence-electron chi connectivity index (χ0n) is 23.7. The zero-order chi connectivity index (χ0) is 29.8. The van der Waals surface area contributed by atoms with Crippen LogP contribution in [0.1, 0.15) is 44.6 Å². The van der Waals surface area contributed by atoms with Crippen LogP contribution in [0.2, 0.25) is 0 Å². The van der Waals surface area contributed by atoms with Gasteiger partial charge in [0, 0.05) is 35.0 Å². The van der Waals surface area contributed by atoms with Gasteiger partial charge >= 0.3 is 11.9 Å². The summed E-state index contributed by atoms with van der Waals surface area (Å²) in [6.45, 7) is 0.0951. The lowest BCUT2D eigenvalue weighted by Crippen LogP contribution is -2.37. The normalized spacial score (nSPS) is 22.9. The van der Waals surface area contributed by atoms with Crippen LogP contribution in [0, 0.1) is 11.8 Å². The molecule has 3 aromatic rings. The van der Waals surface area contributed by atoms with Crippen LogP contribution >= 0.6 is 0 Å². The summed E-state index contributed by atoms with van der Waals surface area (Å²) in [6, 6.07) is 14.4. The monoisotopic (exact) mass is 584 g/mol. The van der Waals surface area contributed by atoms with E-state index in [0.29, 0.717) is 39.9 Å². The molecule has 0 amide bonds. The van der Waals surface area contributed by atoms with Gasteiger partial charge in [0.15, 0.2) is 28.8 Å². The maximum absolute atomic E-state index is 13.7. The fourth-order valence-electron chi connectivity index (χ4n) is 6.67. The van der Waals surface area contributed by atoms with Crippen LogP contribution in [0.5, 0.6) is 28.7 Å². The molecule has 1 unspecified atom stereocenters. The number of hydrogen-bond donors (Lipinski definition) is 0. The average Bonchev–Trinajstić information content (AvgIpc) is 3.65. The molecule has 10 heteroatoms. The van der Waals surface area contributed by atoms with E-state index in [4.69, 9.17) is 33.2 Å². The molecule has 0 bridgehead atoms. The molecule has 220 valence electrons. The number of methoxy groups -OCH3 is 3. The van der Waals surface area contributed by atoms with Crippen molar-refractivity contribution in [2.24, 2.45) is 11.8 Å². The molecule has 0 radical (unpaired) electrons. The first-order valence-corrected chi connectivity index (χ1v) is 13.9. The Hall–Kier alpha value is -4.99. The van der Waals surface area contributed by atoms with Gasteiger partial charge in [-0.2, -0.15) is 0 Å². The van der Waals surface area contributed by atoms with E-state index in [9.17, 15) is 14.4 Å². The predicted octanol–water partition coefficient (Wildman–Crippen LogP) is 4.33. The van der Waals surface area contributed by atoms with E-state index < -0.39 is 35.8 Å². The van der Waals surface area contributed by atoms with Crippen LogP contribution < -0.4 is 23.7 Å². The zero-order valence-corrected chi connectivity index (χ0v) is 23.7. The average molecular weight is 585 g/mol. The number of rotatable bonds is 6. The smallest absolute Gasteiger partial charge is 0.335 e. The second-order valence-electron chi connectivity index (χ2n) is 10.8. The SMILES string of the molecule is COc1cc([C@@H]2c3cc4c(cc3[C@H](OC(=O)C3=CC(=O)c5ccccc5C3)C3COC(=O)[C@@H]32)OCO4)cc(OC)c1OC. The van der Waals surface area contributed by atoms with Gasteiger partial charge in [-0.05, 0) is 47.0 Å². The second kappa shape index (κ2) is 10.4. The van der Waals surface area contributed by atoms with Crippen molar-refractivity contribution in [1.29, 1.82) is 0 Å². The van der Waals surface area contributed by atoms with Crippen molar-refractivity contribution in [2.75, 3.05) is 34.7 Å². The number of fused-ring (bicyclic) bond motifs is 4. The molecule has 0 spiro atoms. The van der Waals surface area contributed by atoms with Crippen LogP contribution in [0.3, 0.4) is 0 Å². The minimum absolute atomic E-state index is 0.0425. The Morgan fingerprint density at radius 3 is 2.26 bits per heavy atom. The molecule has 3 aromatic carbocycles. The lowest BCUT2D eigenvalue weighted by atomic mass is 9.66. The minimum Gasteiger partial charge on any atom is -0.493 e. The van der Waals surface area contributed by atoms with Crippen molar-refractivity contribution in [3.63, 3.8) is 0 Å². The van der Waals surface area contributed by atoms with Gasteiger partial charge in [0.05, 0.1) is 33.9 Å². The van der Waals surface area contributed by atoms with Crippen LogP contribution in [0.15, 0.2) is 60.2 Å². The summed E-state index contributed by atoms with van der Waals surface area (Å²) in [7, 11) is 4.58. The maximum Gasteiger partial charge on any atom is 0.335 e. The Labute approximate surface area is 247 Å². The highest BCUT2D eigenvalue weighted by atomic mass is 16.7. The highest BCUT2D eigenvalue weighted by molar-refractivity contribution is 6.11. The van der Waals surface area contributed by atoms with Crippen molar-refractivity contribution in [1.82, 2.24) is 0 Å². The summed E-state index contributed by atoms with van der Waals surface area (Å²) < 4.78 is 40.0. The van der Waals surface area contributed by atoms with E-state index in [2.05, 4.69) is 0 Å². The highest BCUT2D eigenvalue weighted by Crippen LogP contribution is 2.56. The molecule has 0 N–H and O–H groups in total. The number of ether oxygens (including phenoxy) is 7. The molecule has 10 nitrogen and oxygen atoms in total. The van der Waals surface area contributed by atoms with Crippen LogP contribution in [0.25, 0.3) is 0 Å². The quantitative estimate of drug-likeness (QED) is 0.388. The molecule has 1 saturated heterocycles. The molecular formula is C33H28O10. The minimum atomic E-state index is -0.847. The number of carbonyl (C=O) groups excluding carboxylic acids is 3. The largest absolute Gasteiger partial charge is 0.493 e. The Morgan fingerprint density at radius 2 is 1.56 bits per heavy atom. The summed E-state index contributed by atoms with van der Waals surface area (Å²) >= 11 is 0. The highest BCUT2D eigenvalue weighted by Gasteiger charge is 2.54. The van der Waals surface area contributed by atoms with Gasteiger partial charge < -0.3 is 33.2 Å². The van der Waals surface area contributed by atoms with E-state index >= 15 is 0 Å². The van der Waals surface area contributed by atoms with Crippen molar-refractivity contribution in [2.45, 2.75) is 18.4 Å². The van der Waals surface area contributed by atoms with E-state index in [0.717, 1.165) is 16.7 Å². The fraction of sp³-hybridized carbons (Fsp3) is 0.303. The van der Waals surface area contributed by atoms with Gasteiger partial charge in [0.25, 0.3) is 0 Å². The molecule has 4 atom stereocenters. The molecule has 4 aliphatic rings. The Bertz CT molecular complexity index is 1680. The maximum atomic E-state index is 13.7. The van der Waals surface area contributed by atoms with Gasteiger partial charge in [0.1, 0.15) is 6.10 Å². The topological polar surface area (TPSA) is 116 Å². The number of benzene rings is 3. The van der Waals surface area contributed by atoms with E-state index in [1.54, 1.807) is 18.2 Å². The summed E-state index contributed by atoms with van der Waals surface area (Å²) in [5.41, 5.74) is 3.69. The first-order valence-electron chi connectivity index (χ1n) is 13.9. The van der Waals surface area contributed by atoms with Gasteiger partial charge in [-0.25, -0.2) is 4.79 Å². The van der Waals surface area contributed by atoms with Crippen LogP contribution in [-0.2, 0) is 25.5 Å². The summed E-state index contributed by atoms with van der Waals surface area (Å²) in [6.07, 6.45) is 0.750. The molecule has 7 rings (SSSR count). The molecule has 43 heavy (non-hydrogen) atoms. The van der Waals surface area contributed by atoms with Gasteiger partial charge in [-0.3, -0.25) is 9.59 Å². The van der Waals surface area contributed by atoms with Gasteiger partial charge in [-0.1, -0.05) is 24.3 Å². The Kier molecular flexibility index (Phi) is 6.49. The third-order valence-electron chi connectivity index (χ3n) is 8.63. The Balaban J connectivity index is 1.34. The summed E-state index contributed by atoms with van der Waals surface area (Å²) in [4.78, 5) is 39.9. The number of cyclic esters (lactones) is 1. The summed E-state index contributed by atoms with van der Waals surface area (Å²) in [5, 5.41) is 0. The van der Waals surface area contributed by atoms with Crippen molar-refractivity contribution >= 4 is 17.7 Å². The molecule has 2 heterocycles. The van der Waals surface area contributed by atoms with E-state index in [1.165, 1.54) is 27.4 Å².